The summed E-state index contributed by atoms with van der Waals surface area (Å²) in [4.78, 5) is 14.2. The summed E-state index contributed by atoms with van der Waals surface area (Å²) in [5, 5.41) is 0. The first-order valence-electron chi connectivity index (χ1n) is 9.21. The highest BCUT2D eigenvalue weighted by molar-refractivity contribution is 5.43. The van der Waals surface area contributed by atoms with Crippen molar-refractivity contribution in [3.63, 3.8) is 0 Å². The SMILES string of the molecule is CCc1ncnc(N2C[C@@H]3OCC(Oc4ccc(C)nc4)CO[C@H]3C2)c1F. The molecule has 2 aliphatic heterocycles. The summed E-state index contributed by atoms with van der Waals surface area (Å²) in [5.74, 6) is 0.659. The van der Waals surface area contributed by atoms with E-state index in [1.165, 1.54) is 6.33 Å². The molecule has 27 heavy (non-hydrogen) atoms. The first-order chi connectivity index (χ1) is 13.1. The molecule has 2 aliphatic rings. The van der Waals surface area contributed by atoms with Gasteiger partial charge in [0.15, 0.2) is 11.6 Å². The molecule has 0 radical (unpaired) electrons. The van der Waals surface area contributed by atoms with Crippen LogP contribution in [-0.2, 0) is 15.9 Å². The Kier molecular flexibility index (Phi) is 5.18. The highest BCUT2D eigenvalue weighted by Crippen LogP contribution is 2.27. The minimum Gasteiger partial charge on any atom is -0.484 e. The van der Waals surface area contributed by atoms with Gasteiger partial charge in [-0.1, -0.05) is 6.92 Å². The van der Waals surface area contributed by atoms with Crippen molar-refractivity contribution < 1.29 is 18.6 Å². The van der Waals surface area contributed by atoms with Gasteiger partial charge >= 0.3 is 0 Å². The Balaban J connectivity index is 1.38. The van der Waals surface area contributed by atoms with Crippen molar-refractivity contribution in [2.75, 3.05) is 31.2 Å². The van der Waals surface area contributed by atoms with Gasteiger partial charge < -0.3 is 19.1 Å². The Bertz CT molecular complexity index is 773. The van der Waals surface area contributed by atoms with Crippen LogP contribution in [0.2, 0.25) is 0 Å². The third-order valence-corrected chi connectivity index (χ3v) is 4.87. The second-order valence-corrected chi connectivity index (χ2v) is 6.84. The molecule has 7 nitrogen and oxygen atoms in total. The first kappa shape index (κ1) is 18.1. The summed E-state index contributed by atoms with van der Waals surface area (Å²) < 4.78 is 32.5. The molecule has 0 N–H and O–H groups in total. The van der Waals surface area contributed by atoms with Gasteiger partial charge in [-0.3, -0.25) is 4.98 Å². The Labute approximate surface area is 157 Å². The van der Waals surface area contributed by atoms with Crippen LogP contribution in [0.1, 0.15) is 18.3 Å². The largest absolute Gasteiger partial charge is 0.484 e. The minimum absolute atomic E-state index is 0.144. The number of aryl methyl sites for hydroxylation is 2. The van der Waals surface area contributed by atoms with Crippen LogP contribution >= 0.6 is 0 Å². The van der Waals surface area contributed by atoms with Crippen LogP contribution in [-0.4, -0.2) is 59.6 Å². The predicted molar refractivity (Wildman–Crippen MR) is 96.5 cm³/mol. The summed E-state index contributed by atoms with van der Waals surface area (Å²) >= 11 is 0. The van der Waals surface area contributed by atoms with Crippen molar-refractivity contribution in [1.82, 2.24) is 15.0 Å². The van der Waals surface area contributed by atoms with Crippen molar-refractivity contribution >= 4 is 5.82 Å². The molecular weight excluding hydrogens is 351 g/mol. The van der Waals surface area contributed by atoms with Gasteiger partial charge in [-0.15, -0.1) is 0 Å². The molecule has 2 saturated heterocycles. The fourth-order valence-electron chi connectivity index (χ4n) is 3.39. The highest BCUT2D eigenvalue weighted by Gasteiger charge is 2.39. The zero-order chi connectivity index (χ0) is 18.8. The molecule has 0 aromatic carbocycles. The monoisotopic (exact) mass is 374 g/mol. The van der Waals surface area contributed by atoms with Crippen molar-refractivity contribution in [3.8, 4) is 5.75 Å². The molecule has 2 aromatic rings. The fourth-order valence-corrected chi connectivity index (χ4v) is 3.39. The summed E-state index contributed by atoms with van der Waals surface area (Å²) in [6, 6.07) is 3.79. The van der Waals surface area contributed by atoms with Crippen molar-refractivity contribution in [2.24, 2.45) is 0 Å². The number of aromatic nitrogens is 3. The minimum atomic E-state index is -0.357. The third kappa shape index (κ3) is 3.86. The van der Waals surface area contributed by atoms with E-state index in [0.29, 0.717) is 50.0 Å². The molecule has 0 saturated carbocycles. The Morgan fingerprint density at radius 2 is 1.89 bits per heavy atom. The lowest BCUT2D eigenvalue weighted by Gasteiger charge is -2.20. The lowest BCUT2D eigenvalue weighted by Crippen LogP contribution is -2.30. The molecule has 0 amide bonds. The van der Waals surface area contributed by atoms with E-state index in [1.54, 1.807) is 6.20 Å². The summed E-state index contributed by atoms with van der Waals surface area (Å²) in [6.07, 6.45) is 3.15. The van der Waals surface area contributed by atoms with E-state index in [9.17, 15) is 4.39 Å². The van der Waals surface area contributed by atoms with E-state index in [4.69, 9.17) is 14.2 Å². The van der Waals surface area contributed by atoms with Gasteiger partial charge in [-0.05, 0) is 25.5 Å². The normalized spacial score (nSPS) is 23.1. The van der Waals surface area contributed by atoms with Gasteiger partial charge in [0, 0.05) is 18.8 Å². The smallest absolute Gasteiger partial charge is 0.187 e. The Morgan fingerprint density at radius 1 is 1.15 bits per heavy atom. The standard InChI is InChI=1S/C19H23FN4O3/c1-3-15-18(20)19(23-11-22-15)24-7-16-17(8-24)26-10-14(9-25-16)27-13-5-4-12(2)21-6-13/h4-6,11,14,16-17H,3,7-10H2,1-2H3/t16-,17-/m0/s1. The number of ether oxygens (including phenoxy) is 3. The lowest BCUT2D eigenvalue weighted by molar-refractivity contribution is -0.00461. The highest BCUT2D eigenvalue weighted by atomic mass is 19.1. The number of hydrogen-bond donors (Lipinski definition) is 0. The van der Waals surface area contributed by atoms with Gasteiger partial charge in [-0.25, -0.2) is 14.4 Å². The van der Waals surface area contributed by atoms with Gasteiger partial charge in [0.2, 0.25) is 0 Å². The van der Waals surface area contributed by atoms with E-state index in [2.05, 4.69) is 15.0 Å². The molecule has 2 atom stereocenters. The van der Waals surface area contributed by atoms with Crippen molar-refractivity contribution in [1.29, 1.82) is 0 Å². The maximum atomic E-state index is 14.5. The number of pyridine rings is 1. The van der Waals surface area contributed by atoms with Gasteiger partial charge in [0.05, 0.1) is 25.1 Å². The van der Waals surface area contributed by atoms with Crippen LogP contribution in [0.15, 0.2) is 24.7 Å². The third-order valence-electron chi connectivity index (χ3n) is 4.87. The van der Waals surface area contributed by atoms with E-state index in [1.807, 2.05) is 30.9 Å². The summed E-state index contributed by atoms with van der Waals surface area (Å²) in [7, 11) is 0. The Morgan fingerprint density at radius 3 is 2.52 bits per heavy atom. The topological polar surface area (TPSA) is 69.6 Å². The van der Waals surface area contributed by atoms with E-state index >= 15 is 0 Å². The number of halogens is 1. The van der Waals surface area contributed by atoms with Crippen molar-refractivity contribution in [3.05, 3.63) is 41.9 Å². The van der Waals surface area contributed by atoms with Crippen LogP contribution in [0.4, 0.5) is 10.2 Å². The van der Waals surface area contributed by atoms with Crippen molar-refractivity contribution in [2.45, 2.75) is 38.6 Å². The lowest BCUT2D eigenvalue weighted by atomic mass is 10.3. The van der Waals surface area contributed by atoms with E-state index in [0.717, 1.165) is 5.69 Å². The summed E-state index contributed by atoms with van der Waals surface area (Å²) in [6.45, 7) is 5.68. The molecule has 2 aromatic heterocycles. The molecule has 0 bridgehead atoms. The molecule has 0 aliphatic carbocycles. The number of rotatable bonds is 4. The average Bonchev–Trinajstić information content (AvgIpc) is 2.99. The van der Waals surface area contributed by atoms with E-state index in [-0.39, 0.29) is 24.1 Å². The Hall–Kier alpha value is -2.32. The average molecular weight is 374 g/mol. The van der Waals surface area contributed by atoms with Gasteiger partial charge in [-0.2, -0.15) is 0 Å². The quantitative estimate of drug-likeness (QED) is 0.810. The van der Waals surface area contributed by atoms with Crippen LogP contribution in [0.5, 0.6) is 5.75 Å². The first-order valence-corrected chi connectivity index (χ1v) is 9.21. The number of anilines is 1. The predicted octanol–water partition coefficient (Wildman–Crippen LogP) is 1.93. The molecule has 0 unspecified atom stereocenters. The van der Waals surface area contributed by atoms with E-state index < -0.39 is 0 Å². The molecule has 4 rings (SSSR count). The van der Waals surface area contributed by atoms with Crippen LogP contribution in [0.3, 0.4) is 0 Å². The molecular formula is C19H23FN4O3. The van der Waals surface area contributed by atoms with Crippen LogP contribution < -0.4 is 9.64 Å². The number of nitrogens with zero attached hydrogens (tertiary/aromatic N) is 4. The number of hydrogen-bond acceptors (Lipinski definition) is 7. The van der Waals surface area contributed by atoms with Gasteiger partial charge in [0.1, 0.15) is 30.4 Å². The molecule has 4 heterocycles. The molecule has 8 heteroatoms. The second-order valence-electron chi connectivity index (χ2n) is 6.84. The fraction of sp³-hybridized carbons (Fsp3) is 0.526. The number of fused-ring (bicyclic) bond motifs is 1. The zero-order valence-electron chi connectivity index (χ0n) is 15.5. The summed E-state index contributed by atoms with van der Waals surface area (Å²) in [5.41, 5.74) is 1.36. The molecule has 2 fully saturated rings. The molecule has 0 spiro atoms. The zero-order valence-corrected chi connectivity index (χ0v) is 15.5. The second kappa shape index (κ2) is 7.74. The maximum Gasteiger partial charge on any atom is 0.187 e. The van der Waals surface area contributed by atoms with Gasteiger partial charge in [0.25, 0.3) is 0 Å². The van der Waals surface area contributed by atoms with Crippen LogP contribution in [0, 0.1) is 12.7 Å². The molecule has 144 valence electrons. The maximum absolute atomic E-state index is 14.5. The van der Waals surface area contributed by atoms with Crippen LogP contribution in [0.25, 0.3) is 0 Å².